The zero-order valence-corrected chi connectivity index (χ0v) is 9.51. The Balaban J connectivity index is 2.28. The second-order valence-corrected chi connectivity index (χ2v) is 5.61. The minimum atomic E-state index is 1.20. The number of aryl methyl sites for hydroxylation is 1. The van der Waals surface area contributed by atoms with Crippen LogP contribution in [0.1, 0.15) is 17.5 Å². The lowest BCUT2D eigenvalue weighted by molar-refractivity contribution is 1.10. The maximum atomic E-state index is 2.33. The van der Waals surface area contributed by atoms with E-state index in [0.29, 0.717) is 0 Å². The van der Waals surface area contributed by atoms with E-state index in [1.165, 1.54) is 39.7 Å². The highest BCUT2D eigenvalue weighted by Gasteiger charge is 2.06. The van der Waals surface area contributed by atoms with Crippen LogP contribution < -0.4 is 0 Å². The molecule has 0 unspecified atom stereocenters. The van der Waals surface area contributed by atoms with Gasteiger partial charge in [-0.2, -0.15) is 11.8 Å². The van der Waals surface area contributed by atoms with Crippen LogP contribution in [0.4, 0.5) is 0 Å². The fourth-order valence-electron chi connectivity index (χ4n) is 1.49. The molecule has 0 saturated heterocycles. The summed E-state index contributed by atoms with van der Waals surface area (Å²) in [6, 6.07) is 6.83. The maximum absolute atomic E-state index is 2.33. The molecule has 2 rings (SSSR count). The van der Waals surface area contributed by atoms with Crippen LogP contribution in [0.5, 0.6) is 0 Å². The van der Waals surface area contributed by atoms with Crippen LogP contribution in [0.25, 0.3) is 0 Å². The third-order valence-corrected chi connectivity index (χ3v) is 4.46. The normalized spacial score (nSPS) is 17.3. The number of hydrogen-bond acceptors (Lipinski definition) is 2. The first-order valence-electron chi connectivity index (χ1n) is 4.66. The molecule has 0 atom stereocenters. The lowest BCUT2D eigenvalue weighted by Gasteiger charge is -2.13. The van der Waals surface area contributed by atoms with Crippen LogP contribution in [-0.4, -0.2) is 11.5 Å². The van der Waals surface area contributed by atoms with E-state index in [1.807, 2.05) is 11.8 Å². The van der Waals surface area contributed by atoms with Crippen LogP contribution in [0.3, 0.4) is 0 Å². The summed E-state index contributed by atoms with van der Waals surface area (Å²) in [4.78, 5) is 1.50. The molecule has 0 bridgehead atoms. The molecule has 2 heteroatoms. The maximum Gasteiger partial charge on any atom is 0.0195 e. The molecule has 1 aromatic rings. The molecule has 1 aliphatic rings. The summed E-state index contributed by atoms with van der Waals surface area (Å²) in [5.74, 6) is 3.80. The van der Waals surface area contributed by atoms with Gasteiger partial charge in [-0.3, -0.25) is 0 Å². The fourth-order valence-corrected chi connectivity index (χ4v) is 3.70. The molecule has 0 aliphatic carbocycles. The van der Waals surface area contributed by atoms with Gasteiger partial charge in [0.1, 0.15) is 0 Å². The van der Waals surface area contributed by atoms with Crippen LogP contribution in [0, 0.1) is 6.92 Å². The number of benzene rings is 1. The quantitative estimate of drug-likeness (QED) is 0.640. The Kier molecular flexibility index (Phi) is 3.23. The Labute approximate surface area is 88.5 Å². The van der Waals surface area contributed by atoms with Crippen molar-refractivity contribution in [1.29, 1.82) is 0 Å². The topological polar surface area (TPSA) is 0 Å². The molecule has 13 heavy (non-hydrogen) atoms. The van der Waals surface area contributed by atoms with Crippen molar-refractivity contribution < 1.29 is 0 Å². The van der Waals surface area contributed by atoms with Gasteiger partial charge >= 0.3 is 0 Å². The first-order valence-corrected chi connectivity index (χ1v) is 6.80. The Hall–Kier alpha value is -0.0800. The summed E-state index contributed by atoms with van der Waals surface area (Å²) in [5.41, 5.74) is 2.93. The van der Waals surface area contributed by atoms with Crippen LogP contribution in [0.15, 0.2) is 23.1 Å². The van der Waals surface area contributed by atoms with Gasteiger partial charge in [0, 0.05) is 10.6 Å². The smallest absolute Gasteiger partial charge is 0.0195 e. The van der Waals surface area contributed by atoms with Gasteiger partial charge in [0.2, 0.25) is 0 Å². The zero-order valence-electron chi connectivity index (χ0n) is 7.88. The van der Waals surface area contributed by atoms with Crippen molar-refractivity contribution in [3.05, 3.63) is 29.3 Å². The van der Waals surface area contributed by atoms with Gasteiger partial charge in [-0.05, 0) is 36.5 Å². The summed E-state index contributed by atoms with van der Waals surface area (Å²) in [6.07, 6.45) is 1.35. The lowest BCUT2D eigenvalue weighted by atomic mass is 10.2. The molecule has 0 saturated carbocycles. The van der Waals surface area contributed by atoms with E-state index in [4.69, 9.17) is 0 Å². The van der Waals surface area contributed by atoms with Gasteiger partial charge < -0.3 is 0 Å². The van der Waals surface area contributed by atoms with Gasteiger partial charge in [-0.1, -0.05) is 17.7 Å². The van der Waals surface area contributed by atoms with E-state index < -0.39 is 0 Å². The standard InChI is InChI=1S/C11H14S2/c1-9-3-4-11-10(7-9)8-12-5-2-6-13-11/h3-4,7H,2,5-6,8H2,1H3. The zero-order chi connectivity index (χ0) is 9.10. The van der Waals surface area contributed by atoms with Gasteiger partial charge in [0.05, 0.1) is 0 Å². The molecule has 0 radical (unpaired) electrons. The highest BCUT2D eigenvalue weighted by Crippen LogP contribution is 2.30. The largest absolute Gasteiger partial charge is 0.157 e. The monoisotopic (exact) mass is 210 g/mol. The molecular formula is C11H14S2. The Morgan fingerprint density at radius 2 is 2.15 bits per heavy atom. The molecule has 0 N–H and O–H groups in total. The van der Waals surface area contributed by atoms with Crippen LogP contribution in [-0.2, 0) is 5.75 Å². The lowest BCUT2D eigenvalue weighted by Crippen LogP contribution is -1.94. The molecular weight excluding hydrogens is 196 g/mol. The SMILES string of the molecule is Cc1ccc2c(c1)CSCCCS2. The van der Waals surface area contributed by atoms with E-state index in [9.17, 15) is 0 Å². The number of hydrogen-bond donors (Lipinski definition) is 0. The summed E-state index contributed by atoms with van der Waals surface area (Å²) >= 11 is 4.09. The molecule has 0 fully saturated rings. The van der Waals surface area contributed by atoms with E-state index in [2.05, 4.69) is 36.9 Å². The highest BCUT2D eigenvalue weighted by atomic mass is 32.2. The Morgan fingerprint density at radius 3 is 3.08 bits per heavy atom. The first kappa shape index (κ1) is 9.47. The van der Waals surface area contributed by atoms with Gasteiger partial charge in [0.15, 0.2) is 0 Å². The third-order valence-electron chi connectivity index (χ3n) is 2.16. The first-order chi connectivity index (χ1) is 6.36. The van der Waals surface area contributed by atoms with Gasteiger partial charge in [0.25, 0.3) is 0 Å². The van der Waals surface area contributed by atoms with E-state index in [0.717, 1.165) is 0 Å². The van der Waals surface area contributed by atoms with E-state index in [1.54, 1.807) is 0 Å². The molecule has 1 aromatic carbocycles. The van der Waals surface area contributed by atoms with Crippen LogP contribution in [0.2, 0.25) is 0 Å². The predicted molar refractivity (Wildman–Crippen MR) is 62.7 cm³/mol. The van der Waals surface area contributed by atoms with Gasteiger partial charge in [-0.15, -0.1) is 11.8 Å². The second-order valence-electron chi connectivity index (χ2n) is 3.37. The molecule has 0 nitrogen and oxygen atoms in total. The molecule has 0 spiro atoms. The third kappa shape index (κ3) is 2.44. The van der Waals surface area contributed by atoms with Crippen molar-refractivity contribution in [2.75, 3.05) is 11.5 Å². The number of rotatable bonds is 0. The Morgan fingerprint density at radius 1 is 1.23 bits per heavy atom. The number of thioether (sulfide) groups is 2. The van der Waals surface area contributed by atoms with Crippen molar-refractivity contribution in [2.45, 2.75) is 24.0 Å². The van der Waals surface area contributed by atoms with Crippen molar-refractivity contribution in [3.8, 4) is 0 Å². The number of fused-ring (bicyclic) bond motifs is 1. The molecule has 70 valence electrons. The van der Waals surface area contributed by atoms with Crippen molar-refractivity contribution >= 4 is 23.5 Å². The van der Waals surface area contributed by atoms with Crippen molar-refractivity contribution in [2.24, 2.45) is 0 Å². The van der Waals surface area contributed by atoms with Crippen LogP contribution >= 0.6 is 23.5 Å². The fraction of sp³-hybridized carbons (Fsp3) is 0.455. The summed E-state index contributed by atoms with van der Waals surface area (Å²) in [7, 11) is 0. The summed E-state index contributed by atoms with van der Waals surface area (Å²) in [5, 5.41) is 0. The molecule has 0 amide bonds. The summed E-state index contributed by atoms with van der Waals surface area (Å²) in [6.45, 7) is 2.17. The average molecular weight is 210 g/mol. The molecule has 0 aromatic heterocycles. The van der Waals surface area contributed by atoms with Crippen molar-refractivity contribution in [3.63, 3.8) is 0 Å². The highest BCUT2D eigenvalue weighted by molar-refractivity contribution is 8.00. The minimum Gasteiger partial charge on any atom is -0.157 e. The van der Waals surface area contributed by atoms with E-state index >= 15 is 0 Å². The average Bonchev–Trinajstić information content (AvgIpc) is 2.08. The Bertz CT molecular complexity index is 294. The van der Waals surface area contributed by atoms with Crippen molar-refractivity contribution in [1.82, 2.24) is 0 Å². The molecule has 1 aliphatic heterocycles. The second kappa shape index (κ2) is 4.43. The predicted octanol–water partition coefficient (Wildman–Crippen LogP) is 3.72. The van der Waals surface area contributed by atoms with E-state index in [-0.39, 0.29) is 0 Å². The molecule has 1 heterocycles. The summed E-state index contributed by atoms with van der Waals surface area (Å²) < 4.78 is 0. The van der Waals surface area contributed by atoms with Gasteiger partial charge in [-0.25, -0.2) is 0 Å². The minimum absolute atomic E-state index is 1.20.